The van der Waals surface area contributed by atoms with E-state index >= 15 is 0 Å². The van der Waals surface area contributed by atoms with Gasteiger partial charge in [0.1, 0.15) is 5.72 Å². The predicted molar refractivity (Wildman–Crippen MR) is 74.1 cm³/mol. The molecular formula is C16H29NO. The lowest BCUT2D eigenvalue weighted by Gasteiger charge is -2.61. The van der Waals surface area contributed by atoms with E-state index in [1.165, 1.54) is 38.5 Å². The highest BCUT2D eigenvalue weighted by molar-refractivity contribution is 5.08. The molecule has 4 bridgehead atoms. The van der Waals surface area contributed by atoms with E-state index < -0.39 is 5.72 Å². The molecule has 4 saturated carbocycles. The molecule has 0 aromatic rings. The summed E-state index contributed by atoms with van der Waals surface area (Å²) in [5.41, 5.74) is -0.496. The molecule has 2 unspecified atom stereocenters. The second kappa shape index (κ2) is 4.21. The van der Waals surface area contributed by atoms with E-state index in [9.17, 15) is 5.11 Å². The Morgan fingerprint density at radius 2 is 1.61 bits per heavy atom. The van der Waals surface area contributed by atoms with Crippen LogP contribution in [0.1, 0.15) is 65.7 Å². The van der Waals surface area contributed by atoms with Gasteiger partial charge in [0.25, 0.3) is 0 Å². The highest BCUT2D eigenvalue weighted by Crippen LogP contribution is 2.63. The lowest BCUT2D eigenvalue weighted by molar-refractivity contribution is -0.188. The Hall–Kier alpha value is -0.0800. The molecule has 2 nitrogen and oxygen atoms in total. The summed E-state index contributed by atoms with van der Waals surface area (Å²) in [6.07, 6.45) is 9.19. The summed E-state index contributed by atoms with van der Waals surface area (Å²) in [5.74, 6) is 2.71. The van der Waals surface area contributed by atoms with Crippen molar-refractivity contribution in [3.05, 3.63) is 0 Å². The quantitative estimate of drug-likeness (QED) is 0.751. The fourth-order valence-electron chi connectivity index (χ4n) is 5.44. The number of nitrogens with one attached hydrogen (secondary N) is 1. The third kappa shape index (κ3) is 1.92. The molecular weight excluding hydrogens is 222 g/mol. The molecule has 0 aromatic carbocycles. The van der Waals surface area contributed by atoms with Crippen LogP contribution >= 0.6 is 0 Å². The fourth-order valence-corrected chi connectivity index (χ4v) is 5.44. The van der Waals surface area contributed by atoms with Gasteiger partial charge in [-0.05, 0) is 76.5 Å². The van der Waals surface area contributed by atoms with E-state index in [1.54, 1.807) is 0 Å². The Morgan fingerprint density at radius 3 is 2.00 bits per heavy atom. The van der Waals surface area contributed by atoms with Crippen LogP contribution in [-0.2, 0) is 0 Å². The van der Waals surface area contributed by atoms with Crippen molar-refractivity contribution in [3.8, 4) is 0 Å². The van der Waals surface area contributed by atoms with Gasteiger partial charge in [-0.1, -0.05) is 6.92 Å². The van der Waals surface area contributed by atoms with Crippen molar-refractivity contribution in [1.82, 2.24) is 5.32 Å². The highest BCUT2D eigenvalue weighted by Gasteiger charge is 2.58. The van der Waals surface area contributed by atoms with Crippen LogP contribution in [0.2, 0.25) is 0 Å². The summed E-state index contributed by atoms with van der Waals surface area (Å²) in [4.78, 5) is 0. The Labute approximate surface area is 112 Å². The maximum Gasteiger partial charge on any atom is 0.119 e. The third-order valence-electron chi connectivity index (χ3n) is 6.21. The van der Waals surface area contributed by atoms with Crippen molar-refractivity contribution in [2.45, 2.75) is 77.5 Å². The van der Waals surface area contributed by atoms with E-state index in [1.807, 2.05) is 6.92 Å². The van der Waals surface area contributed by atoms with Crippen molar-refractivity contribution in [1.29, 1.82) is 0 Å². The normalized spacial score (nSPS) is 47.0. The van der Waals surface area contributed by atoms with Crippen LogP contribution in [-0.4, -0.2) is 16.9 Å². The SMILES string of the molecule is CCC(C)NC(C)(O)C12CC3CC(CC(C3)C1)C2. The highest BCUT2D eigenvalue weighted by atomic mass is 16.3. The van der Waals surface area contributed by atoms with Gasteiger partial charge in [-0.2, -0.15) is 0 Å². The smallest absolute Gasteiger partial charge is 0.119 e. The second-order valence-electron chi connectivity index (χ2n) is 7.72. The van der Waals surface area contributed by atoms with Gasteiger partial charge in [0.2, 0.25) is 0 Å². The Morgan fingerprint density at radius 1 is 1.17 bits per heavy atom. The van der Waals surface area contributed by atoms with E-state index in [0.29, 0.717) is 6.04 Å². The van der Waals surface area contributed by atoms with Gasteiger partial charge < -0.3 is 5.11 Å². The maximum atomic E-state index is 11.1. The van der Waals surface area contributed by atoms with Crippen LogP contribution in [0.5, 0.6) is 0 Å². The molecule has 0 heterocycles. The lowest BCUT2D eigenvalue weighted by Crippen LogP contribution is -2.64. The third-order valence-corrected chi connectivity index (χ3v) is 6.21. The molecule has 18 heavy (non-hydrogen) atoms. The Kier molecular flexibility index (Phi) is 3.02. The molecule has 0 amide bonds. The van der Waals surface area contributed by atoms with Crippen molar-refractivity contribution in [2.24, 2.45) is 23.2 Å². The Balaban J connectivity index is 1.81. The standard InChI is InChI=1S/C16H29NO/c1-4-11(2)17-15(3,18)16-8-12-5-13(9-16)7-14(6-12)10-16/h11-14,17-18H,4-10H2,1-3H3. The van der Waals surface area contributed by atoms with Crippen molar-refractivity contribution in [2.75, 3.05) is 0 Å². The van der Waals surface area contributed by atoms with Gasteiger partial charge in [-0.15, -0.1) is 0 Å². The molecule has 0 radical (unpaired) electrons. The molecule has 4 aliphatic carbocycles. The summed E-state index contributed by atoms with van der Waals surface area (Å²) in [6, 6.07) is 0.410. The zero-order chi connectivity index (χ0) is 13.0. The lowest BCUT2D eigenvalue weighted by atomic mass is 9.47. The molecule has 0 saturated heterocycles. The first-order valence-electron chi connectivity index (χ1n) is 7.94. The molecule has 4 fully saturated rings. The first-order chi connectivity index (χ1) is 8.44. The molecule has 104 valence electrons. The van der Waals surface area contributed by atoms with E-state index in [0.717, 1.165) is 24.2 Å². The summed E-state index contributed by atoms with van der Waals surface area (Å²) in [5, 5.41) is 14.6. The minimum atomic E-state index is -0.668. The van der Waals surface area contributed by atoms with Crippen LogP contribution < -0.4 is 5.32 Å². The largest absolute Gasteiger partial charge is 0.376 e. The number of hydrogen-bond donors (Lipinski definition) is 2. The molecule has 0 aromatic heterocycles. The van der Waals surface area contributed by atoms with Crippen molar-refractivity contribution in [3.63, 3.8) is 0 Å². The number of rotatable bonds is 4. The van der Waals surface area contributed by atoms with Crippen LogP contribution in [0.15, 0.2) is 0 Å². The summed E-state index contributed by atoms with van der Waals surface area (Å²) in [6.45, 7) is 6.43. The van der Waals surface area contributed by atoms with Gasteiger partial charge >= 0.3 is 0 Å². The first-order valence-corrected chi connectivity index (χ1v) is 7.94. The molecule has 4 rings (SSSR count). The van der Waals surface area contributed by atoms with E-state index in [4.69, 9.17) is 0 Å². The average Bonchev–Trinajstić information content (AvgIpc) is 2.26. The van der Waals surface area contributed by atoms with E-state index in [-0.39, 0.29) is 5.41 Å². The van der Waals surface area contributed by atoms with E-state index in [2.05, 4.69) is 19.2 Å². The average molecular weight is 251 g/mol. The number of hydrogen-bond acceptors (Lipinski definition) is 2. The first kappa shape index (κ1) is 12.9. The summed E-state index contributed by atoms with van der Waals surface area (Å²) in [7, 11) is 0. The molecule has 4 aliphatic rings. The van der Waals surface area contributed by atoms with Crippen LogP contribution in [0.3, 0.4) is 0 Å². The summed E-state index contributed by atoms with van der Waals surface area (Å²) < 4.78 is 0. The minimum Gasteiger partial charge on any atom is -0.376 e. The molecule has 0 spiro atoms. The summed E-state index contributed by atoms with van der Waals surface area (Å²) >= 11 is 0. The zero-order valence-electron chi connectivity index (χ0n) is 12.2. The molecule has 2 atom stereocenters. The van der Waals surface area contributed by atoms with Crippen LogP contribution in [0.4, 0.5) is 0 Å². The van der Waals surface area contributed by atoms with Crippen LogP contribution in [0.25, 0.3) is 0 Å². The fraction of sp³-hybridized carbons (Fsp3) is 1.00. The van der Waals surface area contributed by atoms with Crippen molar-refractivity contribution >= 4 is 0 Å². The van der Waals surface area contributed by atoms with Gasteiger partial charge in [-0.25, -0.2) is 0 Å². The predicted octanol–water partition coefficient (Wildman–Crippen LogP) is 3.30. The van der Waals surface area contributed by atoms with Gasteiger partial charge in [0.15, 0.2) is 0 Å². The minimum absolute atomic E-state index is 0.172. The maximum absolute atomic E-state index is 11.1. The topological polar surface area (TPSA) is 32.3 Å². The van der Waals surface area contributed by atoms with Gasteiger partial charge in [0.05, 0.1) is 0 Å². The van der Waals surface area contributed by atoms with Crippen molar-refractivity contribution < 1.29 is 5.11 Å². The molecule has 0 aliphatic heterocycles. The second-order valence-corrected chi connectivity index (χ2v) is 7.72. The van der Waals surface area contributed by atoms with Gasteiger partial charge in [-0.3, -0.25) is 5.32 Å². The Bertz CT molecular complexity index is 288. The van der Waals surface area contributed by atoms with Gasteiger partial charge in [0, 0.05) is 11.5 Å². The molecule has 2 heteroatoms. The zero-order valence-corrected chi connectivity index (χ0v) is 12.2. The van der Waals surface area contributed by atoms with Crippen LogP contribution in [0, 0.1) is 23.2 Å². The molecule has 2 N–H and O–H groups in total. The number of aliphatic hydroxyl groups is 1. The monoisotopic (exact) mass is 251 g/mol.